The number of pyridine rings is 1. The van der Waals surface area contributed by atoms with Crippen LogP contribution in [0.15, 0.2) is 23.1 Å². The van der Waals surface area contributed by atoms with Crippen molar-refractivity contribution >= 4 is 11.6 Å². The zero-order valence-electron chi connectivity index (χ0n) is 8.20. The predicted molar refractivity (Wildman–Crippen MR) is 54.5 cm³/mol. The molecule has 1 rings (SSSR count). The van der Waals surface area contributed by atoms with Crippen LogP contribution in [-0.2, 0) is 11.3 Å². The van der Waals surface area contributed by atoms with Crippen LogP contribution < -0.4 is 17.0 Å². The van der Waals surface area contributed by atoms with Crippen molar-refractivity contribution in [2.24, 2.45) is 11.5 Å². The van der Waals surface area contributed by atoms with Crippen molar-refractivity contribution in [2.75, 3.05) is 0 Å². The highest BCUT2D eigenvalue weighted by Crippen LogP contribution is 2.06. The molecule has 0 spiro atoms. The Bertz CT molecular complexity index is 481. The van der Waals surface area contributed by atoms with Crippen LogP contribution in [0.3, 0.4) is 0 Å². The zero-order valence-corrected chi connectivity index (χ0v) is 8.20. The molecule has 0 bridgehead atoms. The maximum atomic E-state index is 11.3. The van der Waals surface area contributed by atoms with E-state index in [0.29, 0.717) is 0 Å². The number of nitrogens with zero attached hydrogens (tertiary/aromatic N) is 2. The lowest BCUT2D eigenvalue weighted by atomic mass is 10.3. The molecule has 1 atom stereocenters. The zero-order chi connectivity index (χ0) is 12.3. The molecule has 4 N–H and O–H groups in total. The first-order valence-electron chi connectivity index (χ1n) is 4.31. The van der Waals surface area contributed by atoms with Crippen LogP contribution in [0.4, 0.5) is 5.69 Å². The Morgan fingerprint density at radius 2 is 2.19 bits per heavy atom. The molecule has 8 nitrogen and oxygen atoms in total. The van der Waals surface area contributed by atoms with Crippen LogP contribution in [0.2, 0.25) is 0 Å². The molecule has 86 valence electrons. The second-order valence-electron chi connectivity index (χ2n) is 3.14. The second kappa shape index (κ2) is 4.53. The van der Waals surface area contributed by atoms with Gasteiger partial charge in [-0.15, -0.1) is 0 Å². The fraction of sp³-hybridized carbons (Fsp3) is 0.250. The molecular formula is C8H10N4O4. The first-order valence-corrected chi connectivity index (χ1v) is 4.31. The van der Waals surface area contributed by atoms with E-state index in [1.807, 2.05) is 0 Å². The highest BCUT2D eigenvalue weighted by atomic mass is 16.6. The molecule has 0 aliphatic rings. The lowest BCUT2D eigenvalue weighted by Crippen LogP contribution is -2.41. The molecule has 1 heterocycles. The Hall–Kier alpha value is -2.22. The van der Waals surface area contributed by atoms with Crippen molar-refractivity contribution in [1.29, 1.82) is 0 Å². The Morgan fingerprint density at radius 3 is 2.69 bits per heavy atom. The summed E-state index contributed by atoms with van der Waals surface area (Å²) in [5.41, 5.74) is 9.52. The first-order chi connectivity index (χ1) is 7.41. The standard InChI is InChI=1S/C8H10N4O4/c9-6(8(10)14)4-11-3-5(12(15)16)1-2-7(11)13/h1-3,6H,4,9H2,(H2,10,14). The van der Waals surface area contributed by atoms with E-state index < -0.39 is 22.4 Å². The molecule has 0 fully saturated rings. The van der Waals surface area contributed by atoms with Gasteiger partial charge in [0, 0.05) is 12.1 Å². The van der Waals surface area contributed by atoms with Gasteiger partial charge in [-0.3, -0.25) is 19.7 Å². The van der Waals surface area contributed by atoms with Gasteiger partial charge in [-0.05, 0) is 0 Å². The predicted octanol–water partition coefficient (Wildman–Crippen LogP) is -1.43. The Kier molecular flexibility index (Phi) is 3.36. The average Bonchev–Trinajstić information content (AvgIpc) is 2.20. The number of aromatic nitrogens is 1. The molecule has 0 saturated heterocycles. The number of carbonyl (C=O) groups excluding carboxylic acids is 1. The summed E-state index contributed by atoms with van der Waals surface area (Å²) in [6, 6.07) is 1.06. The molecule has 0 aliphatic heterocycles. The van der Waals surface area contributed by atoms with Crippen molar-refractivity contribution < 1.29 is 9.72 Å². The van der Waals surface area contributed by atoms with Gasteiger partial charge in [-0.25, -0.2) is 0 Å². The summed E-state index contributed by atoms with van der Waals surface area (Å²) in [7, 11) is 0. The first kappa shape index (κ1) is 11.9. The van der Waals surface area contributed by atoms with Crippen molar-refractivity contribution in [3.8, 4) is 0 Å². The van der Waals surface area contributed by atoms with Crippen molar-refractivity contribution in [2.45, 2.75) is 12.6 Å². The lowest BCUT2D eigenvalue weighted by molar-refractivity contribution is -0.385. The largest absolute Gasteiger partial charge is 0.368 e. The van der Waals surface area contributed by atoms with Crippen LogP contribution in [-0.4, -0.2) is 21.4 Å². The van der Waals surface area contributed by atoms with Crippen LogP contribution in [0.5, 0.6) is 0 Å². The second-order valence-corrected chi connectivity index (χ2v) is 3.14. The molecule has 1 aromatic rings. The molecule has 1 unspecified atom stereocenters. The summed E-state index contributed by atoms with van der Waals surface area (Å²) in [5, 5.41) is 10.5. The normalized spacial score (nSPS) is 12.1. The number of primary amides is 1. The Balaban J connectivity index is 3.03. The topological polar surface area (TPSA) is 134 Å². The molecular weight excluding hydrogens is 216 g/mol. The number of nitro groups is 1. The molecule has 0 saturated carbocycles. The van der Waals surface area contributed by atoms with Crippen molar-refractivity contribution in [3.05, 3.63) is 38.8 Å². The van der Waals surface area contributed by atoms with Gasteiger partial charge in [0.2, 0.25) is 5.91 Å². The molecule has 8 heteroatoms. The van der Waals surface area contributed by atoms with Gasteiger partial charge in [0.25, 0.3) is 11.2 Å². The third kappa shape index (κ3) is 2.64. The number of carbonyl (C=O) groups is 1. The molecule has 0 aliphatic carbocycles. The van der Waals surface area contributed by atoms with E-state index in [9.17, 15) is 19.7 Å². The van der Waals surface area contributed by atoms with E-state index in [1.165, 1.54) is 0 Å². The number of amides is 1. The van der Waals surface area contributed by atoms with Gasteiger partial charge in [0.05, 0.1) is 17.7 Å². The summed E-state index contributed by atoms with van der Waals surface area (Å²) in [4.78, 5) is 31.8. The lowest BCUT2D eigenvalue weighted by Gasteiger charge is -2.09. The SMILES string of the molecule is NC(=O)C(N)Cn1cc([N+](=O)[O-])ccc1=O. The van der Waals surface area contributed by atoms with E-state index in [4.69, 9.17) is 11.5 Å². The quantitative estimate of drug-likeness (QED) is 0.479. The maximum Gasteiger partial charge on any atom is 0.285 e. The molecule has 1 amide bonds. The molecule has 0 aromatic carbocycles. The van der Waals surface area contributed by atoms with Crippen molar-refractivity contribution in [1.82, 2.24) is 4.57 Å². The Labute approximate surface area is 89.6 Å². The van der Waals surface area contributed by atoms with E-state index >= 15 is 0 Å². The summed E-state index contributed by atoms with van der Waals surface area (Å²) < 4.78 is 0.980. The van der Waals surface area contributed by atoms with Gasteiger partial charge >= 0.3 is 0 Å². The summed E-state index contributed by atoms with van der Waals surface area (Å²) in [5.74, 6) is -0.779. The highest BCUT2D eigenvalue weighted by molar-refractivity contribution is 5.79. The Morgan fingerprint density at radius 1 is 1.56 bits per heavy atom. The molecule has 16 heavy (non-hydrogen) atoms. The maximum absolute atomic E-state index is 11.3. The fourth-order valence-electron chi connectivity index (χ4n) is 1.07. The van der Waals surface area contributed by atoms with Gasteiger partial charge in [-0.1, -0.05) is 0 Å². The summed E-state index contributed by atoms with van der Waals surface area (Å²) in [6.45, 7) is -0.185. The molecule has 1 aromatic heterocycles. The van der Waals surface area contributed by atoms with Gasteiger partial charge < -0.3 is 16.0 Å². The van der Waals surface area contributed by atoms with Gasteiger partial charge in [0.15, 0.2) is 0 Å². The third-order valence-electron chi connectivity index (χ3n) is 1.94. The van der Waals surface area contributed by atoms with Gasteiger partial charge in [0.1, 0.15) is 6.04 Å². The monoisotopic (exact) mass is 226 g/mol. The summed E-state index contributed by atoms with van der Waals surface area (Å²) >= 11 is 0. The van der Waals surface area contributed by atoms with E-state index in [0.717, 1.165) is 22.9 Å². The van der Waals surface area contributed by atoms with Crippen LogP contribution in [0, 0.1) is 10.1 Å². The summed E-state index contributed by atoms with van der Waals surface area (Å²) in [6.07, 6.45) is 1.02. The minimum Gasteiger partial charge on any atom is -0.368 e. The van der Waals surface area contributed by atoms with E-state index in [2.05, 4.69) is 0 Å². The van der Waals surface area contributed by atoms with E-state index in [-0.39, 0.29) is 12.2 Å². The van der Waals surface area contributed by atoms with Crippen LogP contribution >= 0.6 is 0 Å². The minimum atomic E-state index is -1.06. The number of hydrogen-bond acceptors (Lipinski definition) is 5. The third-order valence-corrected chi connectivity index (χ3v) is 1.94. The van der Waals surface area contributed by atoms with Crippen molar-refractivity contribution in [3.63, 3.8) is 0 Å². The molecule has 0 radical (unpaired) electrons. The van der Waals surface area contributed by atoms with Gasteiger partial charge in [-0.2, -0.15) is 0 Å². The number of rotatable bonds is 4. The highest BCUT2D eigenvalue weighted by Gasteiger charge is 2.13. The van der Waals surface area contributed by atoms with Crippen LogP contribution in [0.1, 0.15) is 0 Å². The average molecular weight is 226 g/mol. The number of nitrogens with two attached hydrogens (primary N) is 2. The minimum absolute atomic E-state index is 0.185. The fourth-order valence-corrected chi connectivity index (χ4v) is 1.07. The van der Waals surface area contributed by atoms with E-state index in [1.54, 1.807) is 0 Å². The smallest absolute Gasteiger partial charge is 0.285 e. The number of hydrogen-bond donors (Lipinski definition) is 2. The van der Waals surface area contributed by atoms with Crippen LogP contribution in [0.25, 0.3) is 0 Å².